The molecule has 1 aliphatic heterocycles. The number of benzene rings is 1. The first-order valence-corrected chi connectivity index (χ1v) is 9.12. The molecule has 26 heavy (non-hydrogen) atoms. The van der Waals surface area contributed by atoms with Gasteiger partial charge >= 0.3 is 0 Å². The van der Waals surface area contributed by atoms with Crippen molar-refractivity contribution in [3.63, 3.8) is 0 Å². The smallest absolute Gasteiger partial charge is 0.254 e. The molecule has 2 heterocycles. The Bertz CT molecular complexity index is 792. The summed E-state index contributed by atoms with van der Waals surface area (Å²) in [6, 6.07) is 5.69. The number of nitrogens with zero attached hydrogens (tertiary/aromatic N) is 5. The molecule has 1 fully saturated rings. The lowest BCUT2D eigenvalue weighted by Crippen LogP contribution is -2.51. The molecule has 0 aliphatic carbocycles. The Hall–Kier alpha value is -2.48. The second-order valence-corrected chi connectivity index (χ2v) is 6.90. The van der Waals surface area contributed by atoms with Crippen LogP contribution in [0.3, 0.4) is 0 Å². The molecule has 0 atom stereocenters. The second-order valence-electron chi connectivity index (χ2n) is 6.90. The average Bonchev–Trinajstić information content (AvgIpc) is 3.03. The van der Waals surface area contributed by atoms with Gasteiger partial charge in [0.1, 0.15) is 5.52 Å². The van der Waals surface area contributed by atoms with E-state index in [4.69, 9.17) is 0 Å². The van der Waals surface area contributed by atoms with E-state index in [0.29, 0.717) is 38.3 Å². The molecule has 0 saturated carbocycles. The van der Waals surface area contributed by atoms with Crippen molar-refractivity contribution in [2.75, 3.05) is 32.7 Å². The van der Waals surface area contributed by atoms with Crippen LogP contribution in [-0.2, 0) is 11.3 Å². The molecule has 1 aromatic heterocycles. The van der Waals surface area contributed by atoms with Crippen molar-refractivity contribution in [2.24, 2.45) is 0 Å². The van der Waals surface area contributed by atoms with Crippen LogP contribution < -0.4 is 5.32 Å². The number of aryl methyl sites for hydroxylation is 1. The quantitative estimate of drug-likeness (QED) is 0.852. The van der Waals surface area contributed by atoms with E-state index in [1.54, 1.807) is 6.07 Å². The molecule has 8 nitrogen and oxygen atoms in total. The van der Waals surface area contributed by atoms with Gasteiger partial charge in [0.25, 0.3) is 5.91 Å². The van der Waals surface area contributed by atoms with Gasteiger partial charge in [0.05, 0.1) is 12.1 Å². The summed E-state index contributed by atoms with van der Waals surface area (Å²) in [6.45, 7) is 9.67. The van der Waals surface area contributed by atoms with Gasteiger partial charge in [-0.3, -0.25) is 14.5 Å². The monoisotopic (exact) mass is 358 g/mol. The number of hydrogen-bond acceptors (Lipinski definition) is 5. The Morgan fingerprint density at radius 3 is 2.58 bits per heavy atom. The Labute approximate surface area is 153 Å². The maximum atomic E-state index is 12.8. The molecule has 1 saturated heterocycles. The van der Waals surface area contributed by atoms with Gasteiger partial charge in [-0.2, -0.15) is 0 Å². The maximum absolute atomic E-state index is 12.8. The summed E-state index contributed by atoms with van der Waals surface area (Å²) in [5.74, 6) is 0.0356. The molecule has 0 radical (unpaired) electrons. The number of carbonyl (C=O) groups is 2. The van der Waals surface area contributed by atoms with E-state index in [1.165, 1.54) is 0 Å². The summed E-state index contributed by atoms with van der Waals surface area (Å²) in [5.41, 5.74) is 2.30. The number of nitrogens with one attached hydrogen (secondary N) is 1. The zero-order valence-electron chi connectivity index (χ0n) is 15.6. The van der Waals surface area contributed by atoms with Crippen LogP contribution in [-0.4, -0.2) is 75.4 Å². The van der Waals surface area contributed by atoms with Gasteiger partial charge in [-0.15, -0.1) is 5.10 Å². The van der Waals surface area contributed by atoms with Gasteiger partial charge in [-0.1, -0.05) is 5.21 Å². The summed E-state index contributed by atoms with van der Waals surface area (Å²) >= 11 is 0. The van der Waals surface area contributed by atoms with Crippen LogP contribution in [0, 0.1) is 0 Å². The van der Waals surface area contributed by atoms with Crippen molar-refractivity contribution in [3.05, 3.63) is 23.8 Å². The number of fused-ring (bicyclic) bond motifs is 1. The SMILES string of the molecule is CCn1nnc2cc(C(=O)N3CCN(CC(=O)NC(C)C)CC3)ccc21. The van der Waals surface area contributed by atoms with E-state index in [2.05, 4.69) is 20.5 Å². The van der Waals surface area contributed by atoms with E-state index in [0.717, 1.165) is 17.6 Å². The predicted molar refractivity (Wildman–Crippen MR) is 98.8 cm³/mol. The predicted octanol–water partition coefficient (Wildman–Crippen LogP) is 0.734. The lowest BCUT2D eigenvalue weighted by Gasteiger charge is -2.34. The zero-order chi connectivity index (χ0) is 18.7. The molecule has 8 heteroatoms. The molecule has 3 rings (SSSR count). The van der Waals surface area contributed by atoms with E-state index in [1.807, 2.05) is 42.5 Å². The summed E-state index contributed by atoms with van der Waals surface area (Å²) in [5, 5.41) is 11.1. The minimum Gasteiger partial charge on any atom is -0.353 e. The number of hydrogen-bond donors (Lipinski definition) is 1. The van der Waals surface area contributed by atoms with Crippen molar-refractivity contribution in [1.82, 2.24) is 30.1 Å². The van der Waals surface area contributed by atoms with Gasteiger partial charge in [0, 0.05) is 44.3 Å². The first kappa shape index (κ1) is 18.3. The highest BCUT2D eigenvalue weighted by Crippen LogP contribution is 2.16. The Balaban J connectivity index is 1.59. The van der Waals surface area contributed by atoms with Crippen LogP contribution in [0.15, 0.2) is 18.2 Å². The average molecular weight is 358 g/mol. The van der Waals surface area contributed by atoms with E-state index in [-0.39, 0.29) is 17.9 Å². The van der Waals surface area contributed by atoms with Crippen molar-refractivity contribution >= 4 is 22.8 Å². The topological polar surface area (TPSA) is 83.4 Å². The standard InChI is InChI=1S/C18H26N6O2/c1-4-24-16-6-5-14(11-15(16)20-21-24)18(26)23-9-7-22(8-10-23)12-17(25)19-13(2)3/h5-6,11,13H,4,7-10,12H2,1-3H3,(H,19,25). The molecular weight excluding hydrogens is 332 g/mol. The normalized spacial score (nSPS) is 15.6. The molecule has 140 valence electrons. The Morgan fingerprint density at radius 2 is 1.92 bits per heavy atom. The van der Waals surface area contributed by atoms with Gasteiger partial charge in [0.2, 0.25) is 5.91 Å². The molecule has 1 aromatic carbocycles. The molecule has 1 N–H and O–H groups in total. The van der Waals surface area contributed by atoms with Gasteiger partial charge < -0.3 is 10.2 Å². The van der Waals surface area contributed by atoms with Crippen molar-refractivity contribution < 1.29 is 9.59 Å². The second kappa shape index (κ2) is 7.82. The van der Waals surface area contributed by atoms with Crippen LogP contribution in [0.5, 0.6) is 0 Å². The van der Waals surface area contributed by atoms with E-state index >= 15 is 0 Å². The van der Waals surface area contributed by atoms with Crippen LogP contribution in [0.2, 0.25) is 0 Å². The number of aromatic nitrogens is 3. The van der Waals surface area contributed by atoms with Crippen molar-refractivity contribution in [1.29, 1.82) is 0 Å². The highest BCUT2D eigenvalue weighted by molar-refractivity contribution is 5.97. The van der Waals surface area contributed by atoms with Crippen LogP contribution >= 0.6 is 0 Å². The first-order chi connectivity index (χ1) is 12.5. The third-order valence-electron chi connectivity index (χ3n) is 4.54. The van der Waals surface area contributed by atoms with Gasteiger partial charge in [-0.25, -0.2) is 4.68 Å². The minimum absolute atomic E-state index is 0.00392. The number of piperazine rings is 1. The highest BCUT2D eigenvalue weighted by Gasteiger charge is 2.24. The lowest BCUT2D eigenvalue weighted by atomic mass is 10.1. The van der Waals surface area contributed by atoms with Gasteiger partial charge in [0.15, 0.2) is 0 Å². The van der Waals surface area contributed by atoms with Gasteiger partial charge in [-0.05, 0) is 39.0 Å². The molecular formula is C18H26N6O2. The van der Waals surface area contributed by atoms with Crippen LogP contribution in [0.4, 0.5) is 0 Å². The maximum Gasteiger partial charge on any atom is 0.254 e. The lowest BCUT2D eigenvalue weighted by molar-refractivity contribution is -0.123. The minimum atomic E-state index is 0.00392. The number of carbonyl (C=O) groups excluding carboxylic acids is 2. The fraction of sp³-hybridized carbons (Fsp3) is 0.556. The molecule has 0 bridgehead atoms. The van der Waals surface area contributed by atoms with Crippen molar-refractivity contribution in [2.45, 2.75) is 33.4 Å². The van der Waals surface area contributed by atoms with Crippen molar-refractivity contribution in [3.8, 4) is 0 Å². The summed E-state index contributed by atoms with van der Waals surface area (Å²) in [4.78, 5) is 28.5. The number of rotatable bonds is 5. The van der Waals surface area contributed by atoms with E-state index in [9.17, 15) is 9.59 Å². The first-order valence-electron chi connectivity index (χ1n) is 9.12. The fourth-order valence-electron chi connectivity index (χ4n) is 3.20. The zero-order valence-corrected chi connectivity index (χ0v) is 15.6. The third kappa shape index (κ3) is 4.01. The van der Waals surface area contributed by atoms with E-state index < -0.39 is 0 Å². The summed E-state index contributed by atoms with van der Waals surface area (Å²) in [7, 11) is 0. The number of amides is 2. The molecule has 2 aromatic rings. The summed E-state index contributed by atoms with van der Waals surface area (Å²) in [6.07, 6.45) is 0. The van der Waals surface area contributed by atoms with Crippen LogP contribution in [0.1, 0.15) is 31.1 Å². The summed E-state index contributed by atoms with van der Waals surface area (Å²) < 4.78 is 1.81. The molecule has 2 amide bonds. The molecule has 1 aliphatic rings. The highest BCUT2D eigenvalue weighted by atomic mass is 16.2. The Morgan fingerprint density at radius 1 is 1.19 bits per heavy atom. The Kier molecular flexibility index (Phi) is 5.51. The largest absolute Gasteiger partial charge is 0.353 e. The molecule has 0 unspecified atom stereocenters. The van der Waals surface area contributed by atoms with Crippen LogP contribution in [0.25, 0.3) is 11.0 Å². The fourth-order valence-corrected chi connectivity index (χ4v) is 3.20. The third-order valence-corrected chi connectivity index (χ3v) is 4.54. The molecule has 0 spiro atoms.